The molecule has 22 rings (SSSR count). The van der Waals surface area contributed by atoms with Gasteiger partial charge in [0.1, 0.15) is 0 Å². The molecule has 0 amide bonds. The zero-order valence-corrected chi connectivity index (χ0v) is 57.2. The van der Waals surface area contributed by atoms with E-state index in [1.165, 1.54) is 176 Å². The van der Waals surface area contributed by atoms with E-state index in [9.17, 15) is 0 Å². The SMILES string of the molecule is C1=CC2=C(C1)CC=C2.C1=CC2=C(C=CC2)C1.C1=CC2C=CCC2=C1.C1=CCC=C1.C1=Cc2cc3c(cc2C1)C=CC3.C1=Cc2ccccc2C1.c1c2c(cc3c1CCC3)CCC2.c1ccc2c(c1)CCC2.c1ccc2c(c1)CCCC2.c1ccc2ccccc2c1.c1ccccc1. The van der Waals surface area contributed by atoms with Crippen LogP contribution in [0.5, 0.6) is 0 Å². The van der Waals surface area contributed by atoms with Crippen molar-refractivity contribution in [2.45, 2.75) is 141 Å². The van der Waals surface area contributed by atoms with E-state index in [2.05, 4.69) is 285 Å². The number of rotatable bonds is 0. The minimum atomic E-state index is 0.676. The normalized spacial score (nSPS) is 17.6. The summed E-state index contributed by atoms with van der Waals surface area (Å²) >= 11 is 0. The molecule has 0 bridgehead atoms. The van der Waals surface area contributed by atoms with Crippen molar-refractivity contribution in [2.24, 2.45) is 5.92 Å². The topological polar surface area (TPSA) is 0 Å². The molecule has 0 nitrogen and oxygen atoms in total. The summed E-state index contributed by atoms with van der Waals surface area (Å²) < 4.78 is 0. The summed E-state index contributed by atoms with van der Waals surface area (Å²) in [5.41, 5.74) is 29.2. The third-order valence-corrected chi connectivity index (χ3v) is 20.1. The zero-order valence-electron chi connectivity index (χ0n) is 57.2. The Bertz CT molecular complexity index is 4080. The van der Waals surface area contributed by atoms with Gasteiger partial charge in [0.25, 0.3) is 0 Å². The van der Waals surface area contributed by atoms with Gasteiger partial charge in [0.15, 0.2) is 0 Å². The summed E-state index contributed by atoms with van der Waals surface area (Å²) in [4.78, 5) is 0. The molecule has 0 aliphatic heterocycles. The molecule has 8 aromatic carbocycles. The number of hydrogen-bond acceptors (Lipinski definition) is 0. The highest BCUT2D eigenvalue weighted by molar-refractivity contribution is 5.82. The van der Waals surface area contributed by atoms with Gasteiger partial charge in [-0.15, -0.1) is 0 Å². The number of allylic oxidation sites excluding steroid dienone is 25. The number of hydrogen-bond donors (Lipinski definition) is 0. The van der Waals surface area contributed by atoms with E-state index in [1.54, 1.807) is 55.7 Å². The Morgan fingerprint density at radius 1 is 0.247 bits per heavy atom. The molecule has 8 aromatic rings. The first kappa shape index (κ1) is 67.4. The van der Waals surface area contributed by atoms with Crippen molar-refractivity contribution in [2.75, 3.05) is 0 Å². The highest BCUT2D eigenvalue weighted by atomic mass is 14.2. The van der Waals surface area contributed by atoms with E-state index < -0.39 is 0 Å². The molecule has 0 heteroatoms. The highest BCUT2D eigenvalue weighted by Crippen LogP contribution is 2.33. The van der Waals surface area contributed by atoms with E-state index in [0.29, 0.717) is 5.92 Å². The van der Waals surface area contributed by atoms with Gasteiger partial charge in [0.05, 0.1) is 0 Å². The monoisotopic (exact) mass is 1260 g/mol. The third-order valence-electron chi connectivity index (χ3n) is 20.1. The standard InChI is InChI=1S/C12H14.C12H10.C10H12.C10H8.C9H10.C9H8.3C8H8.C6H6.C5H6/c2*1-3-9-7-11-5-2-6-12(11)8-10(9)4-1;2*1-2-6-10-8-4-3-7-9(10)5-1;2*1-2-5-9-7-3-6-8(9)4-1;3*1-3-7-5-2-6-8(7)4-1;1-2-4-6-5-3-1;1-2-4-5-3-1/h7-8H,1-6H2;1-3,6-8H,4-5H2;1-2,5-6H,3-4,7-8H2;1-8H;1-2,4-5H,3,6-7H2;1-6H,7H2;1-3,6H,4-5H2;1-3,5H,4,6H2;1-5,7H,6H2;1-6H;1-4H,5H2. The molecule has 14 aliphatic rings. The molecule has 14 aliphatic carbocycles. The largest absolute Gasteiger partial charge is 0.0835 e. The van der Waals surface area contributed by atoms with Crippen molar-refractivity contribution >= 4 is 29.0 Å². The molecule has 1 unspecified atom stereocenters. The predicted octanol–water partition coefficient (Wildman–Crippen LogP) is 25.0. The first-order chi connectivity index (χ1) is 48.1. The summed E-state index contributed by atoms with van der Waals surface area (Å²) in [6.45, 7) is 0. The lowest BCUT2D eigenvalue weighted by atomic mass is 9.92. The van der Waals surface area contributed by atoms with Crippen LogP contribution in [0.2, 0.25) is 0 Å². The van der Waals surface area contributed by atoms with Gasteiger partial charge in [-0.25, -0.2) is 0 Å². The van der Waals surface area contributed by atoms with Crippen LogP contribution in [0.3, 0.4) is 0 Å². The summed E-state index contributed by atoms with van der Waals surface area (Å²) in [6.07, 6.45) is 78.4. The van der Waals surface area contributed by atoms with Crippen LogP contribution in [-0.4, -0.2) is 0 Å². The molecule has 486 valence electrons. The first-order valence-electron chi connectivity index (χ1n) is 36.5. The van der Waals surface area contributed by atoms with Crippen LogP contribution >= 0.6 is 0 Å². The van der Waals surface area contributed by atoms with Crippen LogP contribution in [0.1, 0.15) is 149 Å². The third kappa shape index (κ3) is 20.0. The smallest absolute Gasteiger partial charge is 0.0166 e. The van der Waals surface area contributed by atoms with Crippen LogP contribution in [0, 0.1) is 5.92 Å². The van der Waals surface area contributed by atoms with Crippen LogP contribution in [0.4, 0.5) is 0 Å². The van der Waals surface area contributed by atoms with Crippen LogP contribution in [0.15, 0.2) is 331 Å². The Morgan fingerprint density at radius 2 is 0.639 bits per heavy atom. The van der Waals surface area contributed by atoms with Crippen LogP contribution in [0.25, 0.3) is 29.0 Å². The van der Waals surface area contributed by atoms with Crippen molar-refractivity contribution in [1.82, 2.24) is 0 Å². The molecule has 0 saturated heterocycles. The van der Waals surface area contributed by atoms with Gasteiger partial charge >= 0.3 is 0 Å². The maximum absolute atomic E-state index is 2.48. The Morgan fingerprint density at radius 3 is 1.07 bits per heavy atom. The van der Waals surface area contributed by atoms with Gasteiger partial charge in [-0.05, 0) is 247 Å². The van der Waals surface area contributed by atoms with E-state index in [-0.39, 0.29) is 0 Å². The van der Waals surface area contributed by atoms with Crippen LogP contribution < -0.4 is 0 Å². The average Bonchev–Trinajstić information content (AvgIpc) is 1.78. The molecule has 1 atom stereocenters. The number of benzene rings is 8. The van der Waals surface area contributed by atoms with Gasteiger partial charge < -0.3 is 0 Å². The predicted molar refractivity (Wildman–Crippen MR) is 420 cm³/mol. The molecular weight excluding hydrogens is 1170 g/mol. The van der Waals surface area contributed by atoms with Crippen molar-refractivity contribution in [1.29, 1.82) is 0 Å². The second-order valence-corrected chi connectivity index (χ2v) is 26.9. The van der Waals surface area contributed by atoms with Crippen molar-refractivity contribution in [3.63, 3.8) is 0 Å². The lowest BCUT2D eigenvalue weighted by molar-refractivity contribution is 0.685. The fourth-order valence-corrected chi connectivity index (χ4v) is 14.8. The number of aryl methyl sites for hydroxylation is 8. The van der Waals surface area contributed by atoms with Gasteiger partial charge in [-0.2, -0.15) is 0 Å². The van der Waals surface area contributed by atoms with Crippen molar-refractivity contribution in [3.8, 4) is 0 Å². The summed E-state index contributed by atoms with van der Waals surface area (Å²) in [6, 6.07) is 64.4. The minimum absolute atomic E-state index is 0.676. The second kappa shape index (κ2) is 36.5. The van der Waals surface area contributed by atoms with E-state index in [1.807, 2.05) is 36.4 Å². The van der Waals surface area contributed by atoms with Gasteiger partial charge in [0, 0.05) is 5.92 Å². The first-order valence-corrected chi connectivity index (χ1v) is 36.5. The number of fused-ring (bicyclic) bond motifs is 9. The molecular formula is C97H98. The van der Waals surface area contributed by atoms with Crippen LogP contribution in [-0.2, 0) is 70.6 Å². The van der Waals surface area contributed by atoms with Gasteiger partial charge in [0.2, 0.25) is 0 Å². The maximum Gasteiger partial charge on any atom is 0.0166 e. The molecule has 0 saturated carbocycles. The maximum atomic E-state index is 2.48. The van der Waals surface area contributed by atoms with Gasteiger partial charge in [-0.1, -0.05) is 333 Å². The molecule has 0 N–H and O–H groups in total. The Kier molecular flexibility index (Phi) is 25.3. The summed E-state index contributed by atoms with van der Waals surface area (Å²) in [5.74, 6) is 0.676. The quantitative estimate of drug-likeness (QED) is 0.133. The molecule has 0 heterocycles. The summed E-state index contributed by atoms with van der Waals surface area (Å²) in [5, 5.41) is 2.62. The molecule has 97 heavy (non-hydrogen) atoms. The minimum Gasteiger partial charge on any atom is -0.0835 e. The lowest BCUT2D eigenvalue weighted by Crippen LogP contribution is -2.00. The lowest BCUT2D eigenvalue weighted by Gasteiger charge is -2.13. The molecule has 0 radical (unpaired) electrons. The van der Waals surface area contributed by atoms with Crippen molar-refractivity contribution < 1.29 is 0 Å². The van der Waals surface area contributed by atoms with E-state index >= 15 is 0 Å². The molecule has 0 fully saturated rings. The van der Waals surface area contributed by atoms with Crippen molar-refractivity contribution in [3.05, 3.63) is 409 Å². The fraction of sp³-hybridized carbons (Fsp3) is 0.237. The average molecular weight is 1260 g/mol. The van der Waals surface area contributed by atoms with E-state index in [4.69, 9.17) is 0 Å². The Hall–Kier alpha value is -9.62. The van der Waals surface area contributed by atoms with E-state index in [0.717, 1.165) is 25.7 Å². The van der Waals surface area contributed by atoms with Gasteiger partial charge in [-0.3, -0.25) is 0 Å². The fourth-order valence-electron chi connectivity index (χ4n) is 14.8. The zero-order chi connectivity index (χ0) is 65.7. The Labute approximate surface area is 581 Å². The summed E-state index contributed by atoms with van der Waals surface area (Å²) in [7, 11) is 0. The Balaban J connectivity index is 0.000000102. The molecule has 0 spiro atoms. The highest BCUT2D eigenvalue weighted by Gasteiger charge is 2.18. The second-order valence-electron chi connectivity index (χ2n) is 26.9. The molecule has 0 aromatic heterocycles.